The minimum atomic E-state index is -0.180. The molecule has 0 fully saturated rings. The van der Waals surface area contributed by atoms with Gasteiger partial charge in [0.2, 0.25) is 0 Å². The Morgan fingerprint density at radius 2 is 1.90 bits per heavy atom. The van der Waals surface area contributed by atoms with Crippen LogP contribution < -0.4 is 10.1 Å². The zero-order valence-electron chi connectivity index (χ0n) is 16.7. The average molecular weight is 465 g/mol. The maximum absolute atomic E-state index is 12.5. The van der Waals surface area contributed by atoms with Crippen LogP contribution in [0.2, 0.25) is 0 Å². The predicted octanol–water partition coefficient (Wildman–Crippen LogP) is 6.14. The van der Waals surface area contributed by atoms with Crippen LogP contribution in [0.25, 0.3) is 11.1 Å². The SMILES string of the molecule is CCOc1ccc(C(=O)Nc2ccc(Cc3nc4cc(C)ccc4o3)cc2)cc1Br. The number of anilines is 1. The molecule has 6 heteroatoms. The molecule has 5 nitrogen and oxygen atoms in total. The highest BCUT2D eigenvalue weighted by Gasteiger charge is 2.11. The molecule has 0 aliphatic heterocycles. The Labute approximate surface area is 183 Å². The lowest BCUT2D eigenvalue weighted by atomic mass is 10.1. The first-order chi connectivity index (χ1) is 14.5. The van der Waals surface area contributed by atoms with Gasteiger partial charge in [-0.3, -0.25) is 4.79 Å². The number of benzene rings is 3. The van der Waals surface area contributed by atoms with E-state index in [1.807, 2.05) is 56.3 Å². The molecular formula is C24H21BrN2O3. The van der Waals surface area contributed by atoms with E-state index >= 15 is 0 Å². The fourth-order valence-corrected chi connectivity index (χ4v) is 3.65. The normalized spacial score (nSPS) is 10.9. The molecule has 1 heterocycles. The van der Waals surface area contributed by atoms with Crippen LogP contribution in [-0.2, 0) is 6.42 Å². The molecule has 0 aliphatic carbocycles. The summed E-state index contributed by atoms with van der Waals surface area (Å²) in [5, 5.41) is 2.92. The van der Waals surface area contributed by atoms with E-state index in [1.54, 1.807) is 18.2 Å². The molecule has 30 heavy (non-hydrogen) atoms. The number of hydrogen-bond donors (Lipinski definition) is 1. The van der Waals surface area contributed by atoms with Crippen LogP contribution in [0.4, 0.5) is 5.69 Å². The first-order valence-electron chi connectivity index (χ1n) is 9.70. The van der Waals surface area contributed by atoms with Gasteiger partial charge in [0.05, 0.1) is 11.1 Å². The molecule has 0 aliphatic rings. The smallest absolute Gasteiger partial charge is 0.255 e. The van der Waals surface area contributed by atoms with Gasteiger partial charge in [0.25, 0.3) is 5.91 Å². The number of carbonyl (C=O) groups excluding carboxylic acids is 1. The van der Waals surface area contributed by atoms with E-state index in [2.05, 4.69) is 26.2 Å². The van der Waals surface area contributed by atoms with Crippen molar-refractivity contribution in [3.8, 4) is 5.75 Å². The number of carbonyl (C=O) groups is 1. The number of aromatic nitrogens is 1. The van der Waals surface area contributed by atoms with Crippen molar-refractivity contribution < 1.29 is 13.9 Å². The monoisotopic (exact) mass is 464 g/mol. The summed E-state index contributed by atoms with van der Waals surface area (Å²) in [6.07, 6.45) is 0.591. The second kappa shape index (κ2) is 8.71. The summed E-state index contributed by atoms with van der Waals surface area (Å²) in [5.74, 6) is 1.21. The highest BCUT2D eigenvalue weighted by molar-refractivity contribution is 9.10. The van der Waals surface area contributed by atoms with E-state index < -0.39 is 0 Å². The van der Waals surface area contributed by atoms with Gasteiger partial charge in [-0.25, -0.2) is 4.98 Å². The third-order valence-electron chi connectivity index (χ3n) is 4.65. The standard InChI is InChI=1S/C24H21BrN2O3/c1-3-29-21-11-7-17(14-19(21)25)24(28)26-18-8-5-16(6-9-18)13-23-27-20-12-15(2)4-10-22(20)30-23/h4-12,14H,3,13H2,1-2H3,(H,26,28). The summed E-state index contributed by atoms with van der Waals surface area (Å²) >= 11 is 3.44. The Hall–Kier alpha value is -3.12. The molecule has 1 amide bonds. The van der Waals surface area contributed by atoms with Crippen molar-refractivity contribution >= 4 is 38.6 Å². The fourth-order valence-electron chi connectivity index (χ4n) is 3.16. The number of amides is 1. The van der Waals surface area contributed by atoms with Crippen LogP contribution in [0.1, 0.15) is 34.3 Å². The first kappa shape index (κ1) is 20.2. The van der Waals surface area contributed by atoms with E-state index in [1.165, 1.54) is 0 Å². The van der Waals surface area contributed by atoms with Crippen LogP contribution in [0, 0.1) is 6.92 Å². The molecule has 0 atom stereocenters. The lowest BCUT2D eigenvalue weighted by molar-refractivity contribution is 0.102. The van der Waals surface area contributed by atoms with E-state index in [4.69, 9.17) is 9.15 Å². The van der Waals surface area contributed by atoms with Crippen molar-refractivity contribution in [3.05, 3.63) is 87.7 Å². The number of oxazole rings is 1. The number of nitrogens with zero attached hydrogens (tertiary/aromatic N) is 1. The largest absolute Gasteiger partial charge is 0.493 e. The van der Waals surface area contributed by atoms with Gasteiger partial charge in [-0.05, 0) is 83.4 Å². The topological polar surface area (TPSA) is 64.4 Å². The number of nitrogens with one attached hydrogen (secondary N) is 1. The van der Waals surface area contributed by atoms with Crippen LogP contribution in [0.15, 0.2) is 69.6 Å². The minimum absolute atomic E-state index is 0.180. The van der Waals surface area contributed by atoms with Gasteiger partial charge in [-0.2, -0.15) is 0 Å². The molecule has 0 radical (unpaired) electrons. The van der Waals surface area contributed by atoms with Crippen molar-refractivity contribution in [2.45, 2.75) is 20.3 Å². The number of hydrogen-bond acceptors (Lipinski definition) is 4. The van der Waals surface area contributed by atoms with Crippen molar-refractivity contribution in [2.24, 2.45) is 0 Å². The summed E-state index contributed by atoms with van der Waals surface area (Å²) in [7, 11) is 0. The molecule has 0 spiro atoms. The lowest BCUT2D eigenvalue weighted by Crippen LogP contribution is -2.12. The minimum Gasteiger partial charge on any atom is -0.493 e. The number of rotatable bonds is 6. The summed E-state index contributed by atoms with van der Waals surface area (Å²) in [6.45, 7) is 4.52. The fraction of sp³-hybridized carbons (Fsp3) is 0.167. The second-order valence-electron chi connectivity index (χ2n) is 6.98. The molecule has 1 aromatic heterocycles. The number of halogens is 1. The van der Waals surface area contributed by atoms with Gasteiger partial charge in [0.15, 0.2) is 11.5 Å². The van der Waals surface area contributed by atoms with Crippen molar-refractivity contribution in [1.29, 1.82) is 0 Å². The van der Waals surface area contributed by atoms with E-state index in [9.17, 15) is 4.79 Å². The third-order valence-corrected chi connectivity index (χ3v) is 5.27. The molecule has 0 bridgehead atoms. The molecule has 4 aromatic rings. The Bertz CT molecular complexity index is 1200. The van der Waals surface area contributed by atoms with E-state index in [-0.39, 0.29) is 5.91 Å². The molecule has 152 valence electrons. The highest BCUT2D eigenvalue weighted by Crippen LogP contribution is 2.26. The molecular weight excluding hydrogens is 444 g/mol. The van der Waals surface area contributed by atoms with Gasteiger partial charge in [-0.1, -0.05) is 18.2 Å². The van der Waals surface area contributed by atoms with Crippen LogP contribution >= 0.6 is 15.9 Å². The second-order valence-corrected chi connectivity index (χ2v) is 7.84. The van der Waals surface area contributed by atoms with Gasteiger partial charge < -0.3 is 14.5 Å². The number of fused-ring (bicyclic) bond motifs is 1. The van der Waals surface area contributed by atoms with Crippen LogP contribution in [0.3, 0.4) is 0 Å². The van der Waals surface area contributed by atoms with Crippen LogP contribution in [0.5, 0.6) is 5.75 Å². The Kier molecular flexibility index (Phi) is 5.86. The highest BCUT2D eigenvalue weighted by atomic mass is 79.9. The molecule has 3 aromatic carbocycles. The molecule has 0 saturated carbocycles. The molecule has 0 unspecified atom stereocenters. The first-order valence-corrected chi connectivity index (χ1v) is 10.5. The summed E-state index contributed by atoms with van der Waals surface area (Å²) < 4.78 is 12.1. The molecule has 1 N–H and O–H groups in total. The summed E-state index contributed by atoms with van der Waals surface area (Å²) in [5.41, 5.74) is 5.15. The Morgan fingerprint density at radius 3 is 2.63 bits per heavy atom. The van der Waals surface area contributed by atoms with Crippen molar-refractivity contribution in [2.75, 3.05) is 11.9 Å². The maximum Gasteiger partial charge on any atom is 0.255 e. The number of ether oxygens (including phenoxy) is 1. The quantitative estimate of drug-likeness (QED) is 0.372. The van der Waals surface area contributed by atoms with Gasteiger partial charge in [0, 0.05) is 17.7 Å². The third kappa shape index (κ3) is 4.54. The predicted molar refractivity (Wildman–Crippen MR) is 121 cm³/mol. The van der Waals surface area contributed by atoms with Gasteiger partial charge in [-0.15, -0.1) is 0 Å². The number of aryl methyl sites for hydroxylation is 1. The van der Waals surface area contributed by atoms with Gasteiger partial charge in [0.1, 0.15) is 11.3 Å². The van der Waals surface area contributed by atoms with Gasteiger partial charge >= 0.3 is 0 Å². The molecule has 4 rings (SSSR count). The summed E-state index contributed by atoms with van der Waals surface area (Å²) in [6, 6.07) is 18.9. The Balaban J connectivity index is 1.42. The maximum atomic E-state index is 12.5. The lowest BCUT2D eigenvalue weighted by Gasteiger charge is -2.09. The van der Waals surface area contributed by atoms with Crippen molar-refractivity contribution in [3.63, 3.8) is 0 Å². The van der Waals surface area contributed by atoms with Crippen LogP contribution in [-0.4, -0.2) is 17.5 Å². The van der Waals surface area contributed by atoms with E-state index in [0.29, 0.717) is 30.2 Å². The molecule has 0 saturated heterocycles. The van der Waals surface area contributed by atoms with E-state index in [0.717, 1.165) is 32.4 Å². The summed E-state index contributed by atoms with van der Waals surface area (Å²) in [4.78, 5) is 17.1. The Morgan fingerprint density at radius 1 is 1.10 bits per heavy atom. The average Bonchev–Trinajstić information content (AvgIpc) is 3.12. The zero-order chi connectivity index (χ0) is 21.1. The zero-order valence-corrected chi connectivity index (χ0v) is 18.3. The van der Waals surface area contributed by atoms with Crippen molar-refractivity contribution in [1.82, 2.24) is 4.98 Å².